The number of hydrogen-bond acceptors (Lipinski definition) is 2. The standard InChI is InChI=1S/C14H28N2/c1-2-6-14-8-3-4-11-16(14)12-9-13-7-5-10-15-13/h13-15H,2-12H2,1H3. The minimum atomic E-state index is 0.823. The molecule has 2 heteroatoms. The number of nitrogens with one attached hydrogen (secondary N) is 1. The first-order valence-corrected chi connectivity index (χ1v) is 7.37. The zero-order valence-corrected chi connectivity index (χ0v) is 10.9. The molecule has 1 N–H and O–H groups in total. The van der Waals surface area contributed by atoms with E-state index in [9.17, 15) is 0 Å². The number of rotatable bonds is 5. The summed E-state index contributed by atoms with van der Waals surface area (Å²) >= 11 is 0. The molecule has 2 atom stereocenters. The van der Waals surface area contributed by atoms with Gasteiger partial charge in [-0.1, -0.05) is 19.8 Å². The second kappa shape index (κ2) is 6.61. The fourth-order valence-corrected chi connectivity index (χ4v) is 3.34. The molecule has 2 fully saturated rings. The molecule has 2 unspecified atom stereocenters. The summed E-state index contributed by atoms with van der Waals surface area (Å²) in [5, 5.41) is 3.62. The van der Waals surface area contributed by atoms with E-state index in [2.05, 4.69) is 17.1 Å². The van der Waals surface area contributed by atoms with E-state index in [-0.39, 0.29) is 0 Å². The lowest BCUT2D eigenvalue weighted by molar-refractivity contribution is 0.134. The Morgan fingerprint density at radius 2 is 2.06 bits per heavy atom. The van der Waals surface area contributed by atoms with Crippen LogP contribution in [0, 0.1) is 0 Å². The Morgan fingerprint density at radius 1 is 1.12 bits per heavy atom. The van der Waals surface area contributed by atoms with Crippen LogP contribution >= 0.6 is 0 Å². The molecule has 0 saturated carbocycles. The largest absolute Gasteiger partial charge is 0.314 e. The predicted octanol–water partition coefficient (Wildman–Crippen LogP) is 2.78. The third kappa shape index (κ3) is 3.46. The van der Waals surface area contributed by atoms with Gasteiger partial charge in [-0.05, 0) is 58.2 Å². The van der Waals surface area contributed by atoms with E-state index in [4.69, 9.17) is 0 Å². The quantitative estimate of drug-likeness (QED) is 0.772. The maximum Gasteiger partial charge on any atom is 0.00951 e. The van der Waals surface area contributed by atoms with Crippen LogP contribution < -0.4 is 5.32 Å². The van der Waals surface area contributed by atoms with E-state index >= 15 is 0 Å². The van der Waals surface area contributed by atoms with Gasteiger partial charge in [-0.25, -0.2) is 0 Å². The maximum atomic E-state index is 3.62. The van der Waals surface area contributed by atoms with Crippen molar-refractivity contribution in [3.63, 3.8) is 0 Å². The Kier molecular flexibility index (Phi) is 5.11. The fourth-order valence-electron chi connectivity index (χ4n) is 3.34. The van der Waals surface area contributed by atoms with Crippen LogP contribution in [0.15, 0.2) is 0 Å². The van der Waals surface area contributed by atoms with Crippen LogP contribution in [0.4, 0.5) is 0 Å². The highest BCUT2D eigenvalue weighted by Crippen LogP contribution is 2.21. The first-order chi connectivity index (χ1) is 7.90. The van der Waals surface area contributed by atoms with Crippen LogP contribution in [0.25, 0.3) is 0 Å². The number of hydrogen-bond donors (Lipinski definition) is 1. The monoisotopic (exact) mass is 224 g/mol. The molecule has 16 heavy (non-hydrogen) atoms. The minimum absolute atomic E-state index is 0.823. The zero-order valence-electron chi connectivity index (χ0n) is 10.9. The van der Waals surface area contributed by atoms with Crippen molar-refractivity contribution in [3.05, 3.63) is 0 Å². The molecule has 2 saturated heterocycles. The third-order valence-electron chi connectivity index (χ3n) is 4.30. The number of likely N-dealkylation sites (tertiary alicyclic amines) is 1. The Labute approximate surface area is 101 Å². The summed E-state index contributed by atoms with van der Waals surface area (Å²) in [6, 6.07) is 1.73. The normalized spacial score (nSPS) is 32.1. The van der Waals surface area contributed by atoms with E-state index in [0.29, 0.717) is 0 Å². The molecular formula is C14H28N2. The van der Waals surface area contributed by atoms with Crippen molar-refractivity contribution in [2.24, 2.45) is 0 Å². The summed E-state index contributed by atoms with van der Waals surface area (Å²) < 4.78 is 0. The van der Waals surface area contributed by atoms with Crippen molar-refractivity contribution in [2.45, 2.75) is 70.4 Å². The average Bonchev–Trinajstić information content (AvgIpc) is 2.81. The van der Waals surface area contributed by atoms with Crippen molar-refractivity contribution in [1.29, 1.82) is 0 Å². The molecular weight excluding hydrogens is 196 g/mol. The predicted molar refractivity (Wildman–Crippen MR) is 69.8 cm³/mol. The highest BCUT2D eigenvalue weighted by Gasteiger charge is 2.22. The van der Waals surface area contributed by atoms with Gasteiger partial charge in [0.1, 0.15) is 0 Å². The van der Waals surface area contributed by atoms with Gasteiger partial charge < -0.3 is 10.2 Å². The molecule has 0 spiro atoms. The van der Waals surface area contributed by atoms with Gasteiger partial charge in [0, 0.05) is 12.1 Å². The smallest absolute Gasteiger partial charge is 0.00951 e. The lowest BCUT2D eigenvalue weighted by Crippen LogP contribution is -2.41. The van der Waals surface area contributed by atoms with Gasteiger partial charge in [0.05, 0.1) is 0 Å². The van der Waals surface area contributed by atoms with Crippen molar-refractivity contribution in [2.75, 3.05) is 19.6 Å². The molecule has 2 nitrogen and oxygen atoms in total. The Balaban J connectivity index is 1.72. The molecule has 0 amide bonds. The van der Waals surface area contributed by atoms with E-state index in [1.807, 2.05) is 0 Å². The van der Waals surface area contributed by atoms with Crippen LogP contribution in [-0.4, -0.2) is 36.6 Å². The summed E-state index contributed by atoms with van der Waals surface area (Å²) in [5.41, 5.74) is 0. The molecule has 2 heterocycles. The van der Waals surface area contributed by atoms with E-state index < -0.39 is 0 Å². The first-order valence-electron chi connectivity index (χ1n) is 7.37. The SMILES string of the molecule is CCCC1CCCCN1CCC1CCCN1. The number of piperidine rings is 1. The first kappa shape index (κ1) is 12.4. The molecule has 0 radical (unpaired) electrons. The van der Waals surface area contributed by atoms with Gasteiger partial charge in [0.2, 0.25) is 0 Å². The van der Waals surface area contributed by atoms with Gasteiger partial charge in [-0.2, -0.15) is 0 Å². The molecule has 2 rings (SSSR count). The third-order valence-corrected chi connectivity index (χ3v) is 4.30. The molecule has 0 aromatic carbocycles. The van der Waals surface area contributed by atoms with Crippen molar-refractivity contribution in [1.82, 2.24) is 10.2 Å². The Hall–Kier alpha value is -0.0800. The zero-order chi connectivity index (χ0) is 11.2. The highest BCUT2D eigenvalue weighted by atomic mass is 15.2. The summed E-state index contributed by atoms with van der Waals surface area (Å²) in [5.74, 6) is 0. The Bertz CT molecular complexity index is 185. The molecule has 0 aromatic rings. The van der Waals surface area contributed by atoms with E-state index in [0.717, 1.165) is 12.1 Å². The molecule has 2 aliphatic rings. The molecule has 0 aliphatic carbocycles. The second-order valence-corrected chi connectivity index (χ2v) is 5.56. The maximum absolute atomic E-state index is 3.62. The van der Waals surface area contributed by atoms with Crippen LogP contribution in [0.3, 0.4) is 0 Å². The van der Waals surface area contributed by atoms with Crippen molar-refractivity contribution in [3.8, 4) is 0 Å². The average molecular weight is 224 g/mol. The second-order valence-electron chi connectivity index (χ2n) is 5.56. The molecule has 2 aliphatic heterocycles. The summed E-state index contributed by atoms with van der Waals surface area (Å²) in [6.07, 6.45) is 11.3. The topological polar surface area (TPSA) is 15.3 Å². The van der Waals surface area contributed by atoms with E-state index in [1.165, 1.54) is 71.0 Å². The van der Waals surface area contributed by atoms with Crippen LogP contribution in [-0.2, 0) is 0 Å². The van der Waals surface area contributed by atoms with Gasteiger partial charge in [0.25, 0.3) is 0 Å². The lowest BCUT2D eigenvalue weighted by Gasteiger charge is -2.36. The molecule has 0 bridgehead atoms. The van der Waals surface area contributed by atoms with Gasteiger partial charge in [0.15, 0.2) is 0 Å². The van der Waals surface area contributed by atoms with Crippen LogP contribution in [0.2, 0.25) is 0 Å². The van der Waals surface area contributed by atoms with Crippen LogP contribution in [0.5, 0.6) is 0 Å². The van der Waals surface area contributed by atoms with Crippen molar-refractivity contribution >= 4 is 0 Å². The summed E-state index contributed by atoms with van der Waals surface area (Å²) in [7, 11) is 0. The molecule has 94 valence electrons. The van der Waals surface area contributed by atoms with E-state index in [1.54, 1.807) is 0 Å². The summed E-state index contributed by atoms with van der Waals surface area (Å²) in [4.78, 5) is 2.77. The van der Waals surface area contributed by atoms with Crippen molar-refractivity contribution < 1.29 is 0 Å². The Morgan fingerprint density at radius 3 is 2.81 bits per heavy atom. The summed E-state index contributed by atoms with van der Waals surface area (Å²) in [6.45, 7) is 6.27. The van der Waals surface area contributed by atoms with Crippen LogP contribution in [0.1, 0.15) is 58.3 Å². The minimum Gasteiger partial charge on any atom is -0.314 e. The fraction of sp³-hybridized carbons (Fsp3) is 1.00. The molecule has 0 aromatic heterocycles. The van der Waals surface area contributed by atoms with Gasteiger partial charge >= 0.3 is 0 Å². The lowest BCUT2D eigenvalue weighted by atomic mass is 9.97. The number of nitrogens with zero attached hydrogens (tertiary/aromatic N) is 1. The van der Waals surface area contributed by atoms with Gasteiger partial charge in [-0.3, -0.25) is 0 Å². The highest BCUT2D eigenvalue weighted by molar-refractivity contribution is 4.80. The van der Waals surface area contributed by atoms with Gasteiger partial charge in [-0.15, -0.1) is 0 Å².